The molecule has 12 heteroatoms. The highest BCUT2D eigenvalue weighted by atomic mass is 19.3. The van der Waals surface area contributed by atoms with Gasteiger partial charge in [0.1, 0.15) is 17.6 Å². The second kappa shape index (κ2) is 13.2. The van der Waals surface area contributed by atoms with Crippen molar-refractivity contribution in [2.24, 2.45) is 5.92 Å². The Morgan fingerprint density at radius 1 is 1.05 bits per heavy atom. The molecule has 1 aliphatic rings. The zero-order chi connectivity index (χ0) is 26.9. The number of nitrogens with zero attached hydrogens (tertiary/aromatic N) is 2. The molecule has 0 bridgehead atoms. The van der Waals surface area contributed by atoms with Crippen LogP contribution < -0.4 is 16.0 Å². The molecule has 2 aromatic rings. The summed E-state index contributed by atoms with van der Waals surface area (Å²) in [5.41, 5.74) is 0.248. The molecule has 1 aromatic heterocycles. The van der Waals surface area contributed by atoms with Gasteiger partial charge in [0.2, 0.25) is 18.1 Å². The van der Waals surface area contributed by atoms with E-state index < -0.39 is 48.7 Å². The lowest BCUT2D eigenvalue weighted by atomic mass is 9.91. The van der Waals surface area contributed by atoms with Gasteiger partial charge >= 0.3 is 0 Å². The number of amides is 3. The minimum atomic E-state index is -3.37. The molecule has 0 spiro atoms. The molecule has 1 fully saturated rings. The van der Waals surface area contributed by atoms with Crippen molar-refractivity contribution >= 4 is 23.4 Å². The number of hydrogen-bond donors (Lipinski definition) is 3. The van der Waals surface area contributed by atoms with Crippen molar-refractivity contribution in [3.05, 3.63) is 47.5 Å². The first kappa shape index (κ1) is 28.1. The number of rotatable bonds is 10. The molecule has 1 aromatic carbocycles. The molecule has 1 saturated carbocycles. The molecule has 0 radical (unpaired) electrons. The van der Waals surface area contributed by atoms with Crippen LogP contribution in [0.25, 0.3) is 0 Å². The third kappa shape index (κ3) is 7.77. The molecule has 3 amide bonds. The molecule has 2 unspecified atom stereocenters. The number of anilines is 1. The van der Waals surface area contributed by atoms with E-state index in [4.69, 9.17) is 0 Å². The van der Waals surface area contributed by atoms with Crippen molar-refractivity contribution in [1.82, 2.24) is 20.4 Å². The van der Waals surface area contributed by atoms with E-state index in [-0.39, 0.29) is 17.2 Å². The van der Waals surface area contributed by atoms with E-state index in [0.29, 0.717) is 12.2 Å². The number of carbonyl (C=O) groups excluding carboxylic acids is 3. The first-order valence-corrected chi connectivity index (χ1v) is 12.3. The smallest absolute Gasteiger partial charge is 0.287 e. The lowest BCUT2D eigenvalue weighted by Crippen LogP contribution is -2.49. The molecule has 2 atom stereocenters. The van der Waals surface area contributed by atoms with Crippen molar-refractivity contribution in [3.63, 3.8) is 0 Å². The SMILES string of the molecule is CCn1nccc1C(=O)NC(C(=O)Nc1ccc(CC(=O)NC(F)C(F)F)cc1F)C1CCCCCC1. The first-order chi connectivity index (χ1) is 17.7. The van der Waals surface area contributed by atoms with Crippen LogP contribution >= 0.6 is 0 Å². The standard InChI is InChI=1S/C25H31F4N5O3/c1-2-34-19(11-12-30-34)24(36)33-21(16-7-5-3-4-6-8-16)25(37)31-18-10-9-15(13-17(18)26)14-20(35)32-23(29)22(27)28/h9-13,16,21-23H,2-8,14H2,1H3,(H,31,37)(H,32,35)(H,33,36). The van der Waals surface area contributed by atoms with Gasteiger partial charge in [-0.15, -0.1) is 0 Å². The third-order valence-electron chi connectivity index (χ3n) is 6.37. The van der Waals surface area contributed by atoms with Gasteiger partial charge in [0, 0.05) is 12.7 Å². The summed E-state index contributed by atoms with van der Waals surface area (Å²) in [4.78, 5) is 38.0. The molecule has 8 nitrogen and oxygen atoms in total. The fourth-order valence-electron chi connectivity index (χ4n) is 4.47. The maximum Gasteiger partial charge on any atom is 0.287 e. The summed E-state index contributed by atoms with van der Waals surface area (Å²) in [5.74, 6) is -3.07. The predicted octanol–water partition coefficient (Wildman–Crippen LogP) is 3.97. The molecular formula is C25H31F4N5O3. The second-order valence-corrected chi connectivity index (χ2v) is 9.02. The van der Waals surface area contributed by atoms with Crippen molar-refractivity contribution in [3.8, 4) is 0 Å². The van der Waals surface area contributed by atoms with E-state index in [2.05, 4.69) is 15.7 Å². The van der Waals surface area contributed by atoms with E-state index in [1.807, 2.05) is 6.92 Å². The van der Waals surface area contributed by atoms with Gasteiger partial charge in [-0.2, -0.15) is 5.10 Å². The maximum absolute atomic E-state index is 14.8. The number of halogens is 4. The van der Waals surface area contributed by atoms with E-state index >= 15 is 0 Å². The summed E-state index contributed by atoms with van der Waals surface area (Å²) >= 11 is 0. The van der Waals surface area contributed by atoms with Crippen LogP contribution in [0.1, 0.15) is 61.5 Å². The van der Waals surface area contributed by atoms with Crippen molar-refractivity contribution < 1.29 is 31.9 Å². The number of benzene rings is 1. The number of nitrogens with one attached hydrogen (secondary N) is 3. The molecule has 37 heavy (non-hydrogen) atoms. The van der Waals surface area contributed by atoms with Crippen LogP contribution in [0.3, 0.4) is 0 Å². The molecule has 1 heterocycles. The topological polar surface area (TPSA) is 105 Å². The van der Waals surface area contributed by atoms with Gasteiger partial charge in [-0.1, -0.05) is 31.7 Å². The van der Waals surface area contributed by atoms with Crippen molar-refractivity contribution in [1.29, 1.82) is 0 Å². The summed E-state index contributed by atoms with van der Waals surface area (Å²) in [6.07, 6.45) is 0.137. The van der Waals surface area contributed by atoms with Crippen LogP contribution in [0.15, 0.2) is 30.5 Å². The normalized spacial score (nSPS) is 16.1. The molecule has 1 aliphatic carbocycles. The van der Waals surface area contributed by atoms with Crippen molar-refractivity contribution in [2.75, 3.05) is 5.32 Å². The monoisotopic (exact) mass is 525 g/mol. The highest BCUT2D eigenvalue weighted by Gasteiger charge is 2.32. The van der Waals surface area contributed by atoms with Crippen LogP contribution in [-0.4, -0.2) is 46.3 Å². The molecule has 202 valence electrons. The minimum Gasteiger partial charge on any atom is -0.339 e. The van der Waals surface area contributed by atoms with Crippen LogP contribution in [0.2, 0.25) is 0 Å². The summed E-state index contributed by atoms with van der Waals surface area (Å²) in [5, 5.41) is 10.9. The van der Waals surface area contributed by atoms with Gasteiger partial charge in [-0.05, 0) is 49.4 Å². The van der Waals surface area contributed by atoms with Gasteiger partial charge in [-0.3, -0.25) is 19.1 Å². The summed E-state index contributed by atoms with van der Waals surface area (Å²) in [6, 6.07) is 4.17. The number of alkyl halides is 3. The minimum absolute atomic E-state index is 0.107. The second-order valence-electron chi connectivity index (χ2n) is 9.02. The first-order valence-electron chi connectivity index (χ1n) is 12.3. The summed E-state index contributed by atoms with van der Waals surface area (Å²) in [6.45, 7) is 2.31. The van der Waals surface area contributed by atoms with Gasteiger partial charge < -0.3 is 16.0 Å². The molecule has 3 N–H and O–H groups in total. The third-order valence-corrected chi connectivity index (χ3v) is 6.37. The Morgan fingerprint density at radius 3 is 2.38 bits per heavy atom. The Hall–Kier alpha value is -3.44. The van der Waals surface area contributed by atoms with Crippen molar-refractivity contribution in [2.45, 2.75) is 77.2 Å². The Morgan fingerprint density at radius 2 is 1.76 bits per heavy atom. The Labute approximate surface area is 212 Å². The lowest BCUT2D eigenvalue weighted by molar-refractivity contribution is -0.124. The average molecular weight is 526 g/mol. The zero-order valence-corrected chi connectivity index (χ0v) is 20.5. The summed E-state index contributed by atoms with van der Waals surface area (Å²) in [7, 11) is 0. The van der Waals surface area contributed by atoms with E-state index in [9.17, 15) is 31.9 Å². The van der Waals surface area contributed by atoms with E-state index in [0.717, 1.165) is 44.6 Å². The number of aromatic nitrogens is 2. The molecule has 0 aliphatic heterocycles. The van der Waals surface area contributed by atoms with Crippen LogP contribution in [0.4, 0.5) is 23.2 Å². The van der Waals surface area contributed by atoms with E-state index in [1.54, 1.807) is 6.07 Å². The maximum atomic E-state index is 14.8. The molecule has 3 rings (SSSR count). The Kier molecular flexibility index (Phi) is 10.0. The number of hydrogen-bond acceptors (Lipinski definition) is 4. The van der Waals surface area contributed by atoms with Gasteiger partial charge in [0.15, 0.2) is 0 Å². The van der Waals surface area contributed by atoms with Gasteiger partial charge in [-0.25, -0.2) is 17.6 Å². The predicted molar refractivity (Wildman–Crippen MR) is 128 cm³/mol. The quantitative estimate of drug-likeness (QED) is 0.248. The highest BCUT2D eigenvalue weighted by Crippen LogP contribution is 2.27. The zero-order valence-electron chi connectivity index (χ0n) is 20.5. The van der Waals surface area contributed by atoms with Crippen LogP contribution in [-0.2, 0) is 22.6 Å². The molecular weight excluding hydrogens is 494 g/mol. The largest absolute Gasteiger partial charge is 0.339 e. The lowest BCUT2D eigenvalue weighted by Gasteiger charge is -2.26. The average Bonchev–Trinajstić information content (AvgIpc) is 3.18. The fraction of sp³-hybridized carbons (Fsp3) is 0.520. The van der Waals surface area contributed by atoms with Crippen LogP contribution in [0.5, 0.6) is 0 Å². The van der Waals surface area contributed by atoms with E-state index in [1.165, 1.54) is 28.3 Å². The Bertz CT molecular complexity index is 1090. The highest BCUT2D eigenvalue weighted by molar-refractivity contribution is 6.00. The number of aryl methyl sites for hydroxylation is 1. The van der Waals surface area contributed by atoms with Crippen LogP contribution in [0, 0.1) is 11.7 Å². The fourth-order valence-corrected chi connectivity index (χ4v) is 4.47. The van der Waals surface area contributed by atoms with Gasteiger partial charge in [0.25, 0.3) is 12.3 Å². The Balaban J connectivity index is 1.73. The number of carbonyl (C=O) groups is 3. The molecule has 0 saturated heterocycles. The van der Waals surface area contributed by atoms with Gasteiger partial charge in [0.05, 0.1) is 12.1 Å². The summed E-state index contributed by atoms with van der Waals surface area (Å²) < 4.78 is 53.8.